The molecular weight excluding hydrogens is 202 g/mol. The van der Waals surface area contributed by atoms with Crippen molar-refractivity contribution in [3.05, 3.63) is 52.5 Å². The second-order valence-electron chi connectivity index (χ2n) is 4.08. The minimum atomic E-state index is -0.254. The summed E-state index contributed by atoms with van der Waals surface area (Å²) in [6.45, 7) is 0.822. The van der Waals surface area contributed by atoms with E-state index in [0.717, 1.165) is 17.4 Å². The van der Waals surface area contributed by atoms with Crippen LogP contribution in [0.25, 0.3) is 21.9 Å². The fraction of sp³-hybridized carbons (Fsp3) is 0.0769. The van der Waals surface area contributed by atoms with Crippen LogP contribution in [-0.2, 0) is 6.54 Å². The van der Waals surface area contributed by atoms with Crippen LogP contribution in [0.15, 0.2) is 45.7 Å². The standard InChI is InChI=1S/C13H8NO2/c15-13-9-4-2-6-14-7-8-3-1-5-10(16-13)11(8)12(9)14/h1-6H,7H2/q+1. The van der Waals surface area contributed by atoms with Gasteiger partial charge in [0.15, 0.2) is 12.7 Å². The third-order valence-electron chi connectivity index (χ3n) is 3.18. The first kappa shape index (κ1) is 8.05. The quantitative estimate of drug-likeness (QED) is 0.251. The summed E-state index contributed by atoms with van der Waals surface area (Å²) in [6.07, 6.45) is 2.00. The second kappa shape index (κ2) is 2.50. The van der Waals surface area contributed by atoms with Gasteiger partial charge in [-0.25, -0.2) is 4.79 Å². The molecule has 1 aliphatic heterocycles. The lowest BCUT2D eigenvalue weighted by Gasteiger charge is -1.95. The van der Waals surface area contributed by atoms with Crippen molar-refractivity contribution in [2.45, 2.75) is 6.54 Å². The SMILES string of the molecule is O=c1oc2cccc3c2c2c1ccc[n+]2C3. The molecule has 0 aliphatic carbocycles. The lowest BCUT2D eigenvalue weighted by Crippen LogP contribution is -2.31. The molecule has 4 rings (SSSR count). The predicted octanol–water partition coefficient (Wildman–Crippen LogP) is 1.60. The molecule has 0 saturated carbocycles. The molecule has 3 heterocycles. The summed E-state index contributed by atoms with van der Waals surface area (Å²) < 4.78 is 7.42. The summed E-state index contributed by atoms with van der Waals surface area (Å²) in [5.74, 6) is 0. The van der Waals surface area contributed by atoms with E-state index >= 15 is 0 Å². The zero-order valence-corrected chi connectivity index (χ0v) is 8.43. The zero-order chi connectivity index (χ0) is 10.7. The number of hydrogen-bond donors (Lipinski definition) is 0. The minimum absolute atomic E-state index is 0.254. The maximum atomic E-state index is 11.8. The van der Waals surface area contributed by atoms with Crippen molar-refractivity contribution in [1.82, 2.24) is 0 Å². The van der Waals surface area contributed by atoms with Crippen LogP contribution in [0.1, 0.15) is 5.56 Å². The first-order valence-corrected chi connectivity index (χ1v) is 5.21. The highest BCUT2D eigenvalue weighted by Crippen LogP contribution is 2.27. The molecule has 0 N–H and O–H groups in total. The van der Waals surface area contributed by atoms with Gasteiger partial charge in [-0.15, -0.1) is 0 Å². The van der Waals surface area contributed by atoms with E-state index in [9.17, 15) is 4.79 Å². The first-order chi connectivity index (χ1) is 7.84. The highest BCUT2D eigenvalue weighted by Gasteiger charge is 2.26. The van der Waals surface area contributed by atoms with Crippen molar-refractivity contribution in [3.63, 3.8) is 0 Å². The zero-order valence-electron chi connectivity index (χ0n) is 8.43. The Morgan fingerprint density at radius 1 is 1.19 bits per heavy atom. The topological polar surface area (TPSA) is 34.1 Å². The summed E-state index contributed by atoms with van der Waals surface area (Å²) in [7, 11) is 0. The van der Waals surface area contributed by atoms with Gasteiger partial charge in [-0.3, -0.25) is 0 Å². The lowest BCUT2D eigenvalue weighted by atomic mass is 10.1. The molecule has 0 radical (unpaired) electrons. The van der Waals surface area contributed by atoms with Crippen LogP contribution >= 0.6 is 0 Å². The van der Waals surface area contributed by atoms with Crippen molar-refractivity contribution in [3.8, 4) is 0 Å². The van der Waals surface area contributed by atoms with Crippen LogP contribution < -0.4 is 10.2 Å². The van der Waals surface area contributed by atoms with E-state index < -0.39 is 0 Å². The third-order valence-corrected chi connectivity index (χ3v) is 3.18. The molecule has 3 aromatic rings. The van der Waals surface area contributed by atoms with Gasteiger partial charge in [0.05, 0.1) is 5.39 Å². The Hall–Kier alpha value is -2.16. The monoisotopic (exact) mass is 210 g/mol. The molecule has 1 aliphatic rings. The van der Waals surface area contributed by atoms with E-state index in [4.69, 9.17) is 4.42 Å². The maximum Gasteiger partial charge on any atom is 0.350 e. The molecule has 0 fully saturated rings. The van der Waals surface area contributed by atoms with Crippen LogP contribution in [0.3, 0.4) is 0 Å². The van der Waals surface area contributed by atoms with Crippen molar-refractivity contribution >= 4 is 21.9 Å². The largest absolute Gasteiger partial charge is 0.422 e. The number of aromatic nitrogens is 1. The Labute approximate surface area is 90.5 Å². The molecule has 16 heavy (non-hydrogen) atoms. The molecule has 0 unspecified atom stereocenters. The van der Waals surface area contributed by atoms with E-state index in [1.165, 1.54) is 5.56 Å². The Morgan fingerprint density at radius 2 is 2.12 bits per heavy atom. The average molecular weight is 210 g/mol. The van der Waals surface area contributed by atoms with Crippen molar-refractivity contribution in [2.75, 3.05) is 0 Å². The van der Waals surface area contributed by atoms with Gasteiger partial charge in [0.25, 0.3) is 0 Å². The molecule has 0 atom stereocenters. The van der Waals surface area contributed by atoms with Gasteiger partial charge in [-0.05, 0) is 12.1 Å². The fourth-order valence-corrected chi connectivity index (χ4v) is 2.53. The van der Waals surface area contributed by atoms with Gasteiger partial charge in [-0.2, -0.15) is 4.57 Å². The Kier molecular flexibility index (Phi) is 1.26. The molecule has 76 valence electrons. The van der Waals surface area contributed by atoms with Gasteiger partial charge >= 0.3 is 5.63 Å². The molecular formula is C13H8NO2+. The van der Waals surface area contributed by atoms with Crippen LogP contribution in [0, 0.1) is 0 Å². The lowest BCUT2D eigenvalue weighted by molar-refractivity contribution is -0.657. The van der Waals surface area contributed by atoms with Crippen molar-refractivity contribution in [1.29, 1.82) is 0 Å². The first-order valence-electron chi connectivity index (χ1n) is 5.21. The van der Waals surface area contributed by atoms with E-state index in [-0.39, 0.29) is 5.63 Å². The van der Waals surface area contributed by atoms with E-state index in [0.29, 0.717) is 11.0 Å². The smallest absolute Gasteiger partial charge is 0.350 e. The molecule has 2 aromatic heterocycles. The maximum absolute atomic E-state index is 11.8. The Bertz CT molecular complexity index is 802. The highest BCUT2D eigenvalue weighted by molar-refractivity contribution is 6.02. The second-order valence-corrected chi connectivity index (χ2v) is 4.08. The highest BCUT2D eigenvalue weighted by atomic mass is 16.4. The molecule has 0 spiro atoms. The molecule has 0 amide bonds. The van der Waals surface area contributed by atoms with Crippen molar-refractivity contribution < 1.29 is 8.98 Å². The number of pyridine rings is 1. The third kappa shape index (κ3) is 0.795. The number of hydrogen-bond acceptors (Lipinski definition) is 2. The van der Waals surface area contributed by atoms with E-state index in [1.54, 1.807) is 0 Å². The normalized spacial score (nSPS) is 13.0. The molecule has 3 heteroatoms. The van der Waals surface area contributed by atoms with Gasteiger partial charge in [0.1, 0.15) is 11.0 Å². The summed E-state index contributed by atoms with van der Waals surface area (Å²) in [4.78, 5) is 11.8. The van der Waals surface area contributed by atoms with Crippen LogP contribution in [0.2, 0.25) is 0 Å². The van der Waals surface area contributed by atoms with Crippen LogP contribution in [0.4, 0.5) is 0 Å². The number of nitrogens with zero attached hydrogens (tertiary/aromatic N) is 1. The van der Waals surface area contributed by atoms with Crippen molar-refractivity contribution in [2.24, 2.45) is 0 Å². The fourth-order valence-electron chi connectivity index (χ4n) is 2.53. The molecule has 0 saturated heterocycles. The summed E-state index contributed by atoms with van der Waals surface area (Å²) in [6, 6.07) is 9.56. The summed E-state index contributed by atoms with van der Waals surface area (Å²) in [5, 5.41) is 1.75. The number of benzene rings is 1. The number of rotatable bonds is 0. The molecule has 3 nitrogen and oxygen atoms in total. The summed E-state index contributed by atoms with van der Waals surface area (Å²) in [5.41, 5.74) is 2.66. The Balaban J connectivity index is 2.48. The van der Waals surface area contributed by atoms with Crippen LogP contribution in [-0.4, -0.2) is 0 Å². The summed E-state index contributed by atoms with van der Waals surface area (Å²) >= 11 is 0. The van der Waals surface area contributed by atoms with Gasteiger partial charge in [-0.1, -0.05) is 12.1 Å². The van der Waals surface area contributed by atoms with Gasteiger partial charge in [0, 0.05) is 11.6 Å². The van der Waals surface area contributed by atoms with Crippen LogP contribution in [0.5, 0.6) is 0 Å². The molecule has 0 bridgehead atoms. The molecule has 1 aromatic carbocycles. The van der Waals surface area contributed by atoms with E-state index in [2.05, 4.69) is 10.6 Å². The van der Waals surface area contributed by atoms with Gasteiger partial charge < -0.3 is 4.42 Å². The predicted molar refractivity (Wildman–Crippen MR) is 59.3 cm³/mol. The minimum Gasteiger partial charge on any atom is -0.422 e. The average Bonchev–Trinajstić information content (AvgIpc) is 2.67. The van der Waals surface area contributed by atoms with Gasteiger partial charge in [0.2, 0.25) is 5.52 Å². The Morgan fingerprint density at radius 3 is 3.06 bits per heavy atom. The van der Waals surface area contributed by atoms with E-state index in [1.807, 2.05) is 30.5 Å².